The summed E-state index contributed by atoms with van der Waals surface area (Å²) in [6.07, 6.45) is 2.21. The van der Waals surface area contributed by atoms with E-state index in [-0.39, 0.29) is 11.9 Å². The molecule has 1 aromatic heterocycles. The molecule has 0 aliphatic carbocycles. The molecule has 1 atom stereocenters. The van der Waals surface area contributed by atoms with Gasteiger partial charge in [0.15, 0.2) is 0 Å². The first-order valence-electron chi connectivity index (χ1n) is 5.28. The molecule has 4 heteroatoms. The summed E-state index contributed by atoms with van der Waals surface area (Å²) in [5.41, 5.74) is 7.42. The second-order valence-electron chi connectivity index (χ2n) is 4.01. The fourth-order valence-corrected chi connectivity index (χ4v) is 1.64. The van der Waals surface area contributed by atoms with E-state index in [2.05, 4.69) is 10.3 Å². The molecule has 84 valence electrons. The van der Waals surface area contributed by atoms with Crippen molar-refractivity contribution in [1.29, 1.82) is 0 Å². The van der Waals surface area contributed by atoms with Crippen molar-refractivity contribution in [3.63, 3.8) is 0 Å². The van der Waals surface area contributed by atoms with Crippen LogP contribution >= 0.6 is 0 Å². The van der Waals surface area contributed by atoms with E-state index in [1.54, 1.807) is 0 Å². The Morgan fingerprint density at radius 1 is 1.50 bits per heavy atom. The topological polar surface area (TPSA) is 70.9 Å². The van der Waals surface area contributed by atoms with E-state index in [9.17, 15) is 4.79 Å². The van der Waals surface area contributed by atoms with Crippen LogP contribution in [0.1, 0.15) is 13.3 Å². The fraction of sp³-hybridized carbons (Fsp3) is 0.250. The Hall–Kier alpha value is -1.81. The molecule has 2 aromatic rings. The maximum atomic E-state index is 11.5. The van der Waals surface area contributed by atoms with Crippen LogP contribution in [0.5, 0.6) is 0 Å². The molecule has 0 saturated carbocycles. The van der Waals surface area contributed by atoms with Crippen LogP contribution in [0.4, 0.5) is 5.69 Å². The minimum atomic E-state index is -0.115. The van der Waals surface area contributed by atoms with Crippen LogP contribution in [0.2, 0.25) is 0 Å². The summed E-state index contributed by atoms with van der Waals surface area (Å²) < 4.78 is 0. The van der Waals surface area contributed by atoms with Gasteiger partial charge in [0, 0.05) is 35.2 Å². The monoisotopic (exact) mass is 217 g/mol. The van der Waals surface area contributed by atoms with Crippen molar-refractivity contribution in [3.8, 4) is 0 Å². The third-order valence-corrected chi connectivity index (χ3v) is 2.34. The molecule has 0 fully saturated rings. The van der Waals surface area contributed by atoms with Gasteiger partial charge in [0.05, 0.1) is 0 Å². The predicted octanol–water partition coefficient (Wildman–Crippen LogP) is 1.84. The molecule has 16 heavy (non-hydrogen) atoms. The van der Waals surface area contributed by atoms with Crippen LogP contribution < -0.4 is 11.1 Å². The van der Waals surface area contributed by atoms with Crippen LogP contribution in [0.25, 0.3) is 10.9 Å². The summed E-state index contributed by atoms with van der Waals surface area (Å²) >= 11 is 0. The zero-order valence-corrected chi connectivity index (χ0v) is 9.16. The second kappa shape index (κ2) is 4.37. The van der Waals surface area contributed by atoms with Gasteiger partial charge in [0.1, 0.15) is 0 Å². The van der Waals surface area contributed by atoms with Gasteiger partial charge >= 0.3 is 0 Å². The number of nitrogens with one attached hydrogen (secondary N) is 2. The largest absolute Gasteiger partial charge is 0.361 e. The first kappa shape index (κ1) is 10.7. The average molecular weight is 217 g/mol. The lowest BCUT2D eigenvalue weighted by Crippen LogP contribution is -2.23. The molecule has 2 rings (SSSR count). The SMILES string of the molecule is CC(N)CC(=O)Nc1ccc2[nH]ccc2c1. The summed E-state index contributed by atoms with van der Waals surface area (Å²) in [6, 6.07) is 7.60. The van der Waals surface area contributed by atoms with Crippen LogP contribution in [-0.2, 0) is 4.79 Å². The van der Waals surface area contributed by atoms with Crippen LogP contribution in [-0.4, -0.2) is 16.9 Å². The number of benzene rings is 1. The van der Waals surface area contributed by atoms with Crippen molar-refractivity contribution in [2.24, 2.45) is 5.73 Å². The molecule has 0 saturated heterocycles. The number of amides is 1. The van der Waals surface area contributed by atoms with Crippen molar-refractivity contribution in [2.75, 3.05) is 5.32 Å². The van der Waals surface area contributed by atoms with Gasteiger partial charge in [-0.1, -0.05) is 0 Å². The van der Waals surface area contributed by atoms with E-state index in [1.807, 2.05) is 37.4 Å². The highest BCUT2D eigenvalue weighted by Gasteiger charge is 2.05. The lowest BCUT2D eigenvalue weighted by atomic mass is 10.2. The number of aromatic nitrogens is 1. The van der Waals surface area contributed by atoms with Crippen molar-refractivity contribution < 1.29 is 4.79 Å². The molecule has 1 aromatic carbocycles. The summed E-state index contributed by atoms with van der Waals surface area (Å²) in [5, 5.41) is 3.90. The third-order valence-electron chi connectivity index (χ3n) is 2.34. The number of aromatic amines is 1. The second-order valence-corrected chi connectivity index (χ2v) is 4.01. The van der Waals surface area contributed by atoms with Crippen molar-refractivity contribution >= 4 is 22.5 Å². The summed E-state index contributed by atoms with van der Waals surface area (Å²) in [4.78, 5) is 14.6. The normalized spacial score (nSPS) is 12.6. The number of H-pyrrole nitrogens is 1. The molecule has 0 radical (unpaired) electrons. The Balaban J connectivity index is 2.11. The Bertz CT molecular complexity index is 502. The molecular weight excluding hydrogens is 202 g/mol. The van der Waals surface area contributed by atoms with Crippen molar-refractivity contribution in [2.45, 2.75) is 19.4 Å². The van der Waals surface area contributed by atoms with E-state index >= 15 is 0 Å². The number of hydrogen-bond acceptors (Lipinski definition) is 2. The van der Waals surface area contributed by atoms with Gasteiger partial charge < -0.3 is 16.0 Å². The molecule has 1 amide bonds. The van der Waals surface area contributed by atoms with Gasteiger partial charge in [-0.3, -0.25) is 4.79 Å². The maximum Gasteiger partial charge on any atom is 0.225 e. The highest BCUT2D eigenvalue weighted by molar-refractivity contribution is 5.93. The standard InChI is InChI=1S/C12H15N3O/c1-8(13)6-12(16)15-10-2-3-11-9(7-10)4-5-14-11/h2-5,7-8,14H,6,13H2,1H3,(H,15,16). The van der Waals surface area contributed by atoms with Gasteiger partial charge in [0.2, 0.25) is 5.91 Å². The van der Waals surface area contributed by atoms with Gasteiger partial charge in [-0.2, -0.15) is 0 Å². The highest BCUT2D eigenvalue weighted by Crippen LogP contribution is 2.17. The highest BCUT2D eigenvalue weighted by atomic mass is 16.1. The molecule has 1 unspecified atom stereocenters. The minimum Gasteiger partial charge on any atom is -0.361 e. The quantitative estimate of drug-likeness (QED) is 0.734. The number of carbonyl (C=O) groups is 1. The fourth-order valence-electron chi connectivity index (χ4n) is 1.64. The predicted molar refractivity (Wildman–Crippen MR) is 65.2 cm³/mol. The van der Waals surface area contributed by atoms with E-state index < -0.39 is 0 Å². The molecule has 0 bridgehead atoms. The van der Waals surface area contributed by atoms with Gasteiger partial charge in [0.25, 0.3) is 0 Å². The molecule has 0 spiro atoms. The molecular formula is C12H15N3O. The molecule has 4 N–H and O–H groups in total. The summed E-state index contributed by atoms with van der Waals surface area (Å²) in [6.45, 7) is 1.81. The molecule has 0 aliphatic rings. The lowest BCUT2D eigenvalue weighted by Gasteiger charge is -2.07. The van der Waals surface area contributed by atoms with Crippen molar-refractivity contribution in [3.05, 3.63) is 30.5 Å². The number of anilines is 1. The smallest absolute Gasteiger partial charge is 0.225 e. The van der Waals surface area contributed by atoms with E-state index in [0.29, 0.717) is 6.42 Å². The average Bonchev–Trinajstić information content (AvgIpc) is 2.63. The summed E-state index contributed by atoms with van der Waals surface area (Å²) in [7, 11) is 0. The number of nitrogens with two attached hydrogens (primary N) is 1. The number of carbonyl (C=O) groups excluding carboxylic acids is 1. The molecule has 4 nitrogen and oxygen atoms in total. The first-order chi connectivity index (χ1) is 7.65. The van der Waals surface area contributed by atoms with Crippen molar-refractivity contribution in [1.82, 2.24) is 4.98 Å². The Morgan fingerprint density at radius 2 is 2.31 bits per heavy atom. The van der Waals surface area contributed by atoms with Gasteiger partial charge in [-0.05, 0) is 31.2 Å². The van der Waals surface area contributed by atoms with Crippen LogP contribution in [0, 0.1) is 0 Å². The third kappa shape index (κ3) is 2.41. The molecule has 1 heterocycles. The van der Waals surface area contributed by atoms with Gasteiger partial charge in [-0.25, -0.2) is 0 Å². The van der Waals surface area contributed by atoms with E-state index in [1.165, 1.54) is 0 Å². The minimum absolute atomic E-state index is 0.0510. The Kier molecular flexibility index (Phi) is 2.92. The van der Waals surface area contributed by atoms with E-state index in [0.717, 1.165) is 16.6 Å². The maximum absolute atomic E-state index is 11.5. The zero-order chi connectivity index (χ0) is 11.5. The zero-order valence-electron chi connectivity index (χ0n) is 9.16. The first-order valence-corrected chi connectivity index (χ1v) is 5.28. The summed E-state index contributed by atoms with van der Waals surface area (Å²) in [5.74, 6) is -0.0510. The number of fused-ring (bicyclic) bond motifs is 1. The van der Waals surface area contributed by atoms with Gasteiger partial charge in [-0.15, -0.1) is 0 Å². The number of rotatable bonds is 3. The Labute approximate surface area is 93.8 Å². The molecule has 0 aliphatic heterocycles. The lowest BCUT2D eigenvalue weighted by molar-refractivity contribution is -0.116. The van der Waals surface area contributed by atoms with E-state index in [4.69, 9.17) is 5.73 Å². The van der Waals surface area contributed by atoms with Crippen LogP contribution in [0.3, 0.4) is 0 Å². The Morgan fingerprint density at radius 3 is 3.06 bits per heavy atom. The van der Waals surface area contributed by atoms with Crippen LogP contribution in [0.15, 0.2) is 30.5 Å². The number of hydrogen-bond donors (Lipinski definition) is 3.